The van der Waals surface area contributed by atoms with Crippen molar-refractivity contribution in [2.45, 2.75) is 32.6 Å². The molecule has 0 amide bonds. The van der Waals surface area contributed by atoms with Gasteiger partial charge in [-0.05, 0) is 66.0 Å². The zero-order chi connectivity index (χ0) is 16.8. The fourth-order valence-electron chi connectivity index (χ4n) is 4.33. The molecule has 0 bridgehead atoms. The van der Waals surface area contributed by atoms with Gasteiger partial charge in [-0.15, -0.1) is 11.3 Å². The topological polar surface area (TPSA) is 15.8 Å². The van der Waals surface area contributed by atoms with Crippen LogP contribution in [0.15, 0.2) is 59.5 Å². The molecule has 1 aliphatic rings. The number of rotatable bonds is 2. The van der Waals surface area contributed by atoms with Gasteiger partial charge in [0.05, 0.1) is 10.2 Å². The normalized spacial score (nSPS) is 14.7. The van der Waals surface area contributed by atoms with Gasteiger partial charge in [0.15, 0.2) is 0 Å². The molecule has 0 radical (unpaired) electrons. The molecule has 0 saturated heterocycles. The molecule has 1 saturated carbocycles. The third kappa shape index (κ3) is 2.36. The largest absolute Gasteiger partial charge is 0.357 e. The summed E-state index contributed by atoms with van der Waals surface area (Å²) in [6.45, 7) is 2.22. The van der Waals surface area contributed by atoms with E-state index in [0.717, 1.165) is 0 Å². The molecule has 1 N–H and O–H groups in total. The zero-order valence-electron chi connectivity index (χ0n) is 14.4. The van der Waals surface area contributed by atoms with E-state index in [1.807, 2.05) is 11.3 Å². The summed E-state index contributed by atoms with van der Waals surface area (Å²) in [4.78, 5) is 3.61. The molecule has 2 heteroatoms. The second kappa shape index (κ2) is 5.89. The first-order valence-electron chi connectivity index (χ1n) is 9.09. The fraction of sp³-hybridized carbons (Fsp3) is 0.217. The van der Waals surface area contributed by atoms with Crippen LogP contribution in [0.1, 0.15) is 43.9 Å². The van der Waals surface area contributed by atoms with Crippen LogP contribution in [0.2, 0.25) is 0 Å². The summed E-state index contributed by atoms with van der Waals surface area (Å²) in [6, 6.07) is 17.7. The first kappa shape index (κ1) is 15.0. The first-order valence-corrected chi connectivity index (χ1v) is 9.97. The lowest BCUT2D eigenvalue weighted by molar-refractivity contribution is 0.886. The van der Waals surface area contributed by atoms with Crippen LogP contribution in [-0.4, -0.2) is 4.98 Å². The third-order valence-corrected chi connectivity index (χ3v) is 6.39. The van der Waals surface area contributed by atoms with Crippen LogP contribution in [0.5, 0.6) is 0 Å². The van der Waals surface area contributed by atoms with E-state index in [-0.39, 0.29) is 1.43 Å². The minimum Gasteiger partial charge on any atom is -0.357 e. The number of nitrogens with one attached hydrogen (secondary N) is 1. The van der Waals surface area contributed by atoms with Crippen molar-refractivity contribution in [1.82, 2.24) is 4.98 Å². The highest BCUT2D eigenvalue weighted by Gasteiger charge is 2.22. The second-order valence-electron chi connectivity index (χ2n) is 7.00. The SMILES string of the molecule is Cc1[nH]c2ccsc2c1C(=C1CCCC1)c1cccc2ccccc12.[HH]. The lowest BCUT2D eigenvalue weighted by atomic mass is 9.89. The minimum absolute atomic E-state index is 0. The van der Waals surface area contributed by atoms with Gasteiger partial charge < -0.3 is 4.98 Å². The third-order valence-electron chi connectivity index (χ3n) is 5.46. The van der Waals surface area contributed by atoms with Crippen LogP contribution in [-0.2, 0) is 0 Å². The van der Waals surface area contributed by atoms with E-state index < -0.39 is 0 Å². The molecule has 0 spiro atoms. The Labute approximate surface area is 153 Å². The van der Waals surface area contributed by atoms with E-state index in [0.29, 0.717) is 0 Å². The number of benzene rings is 2. The first-order chi connectivity index (χ1) is 12.3. The molecule has 25 heavy (non-hydrogen) atoms. The fourth-order valence-corrected chi connectivity index (χ4v) is 5.29. The molecule has 2 aromatic heterocycles. The Morgan fingerprint density at radius 3 is 2.68 bits per heavy atom. The Kier molecular flexibility index (Phi) is 3.53. The van der Waals surface area contributed by atoms with Crippen LogP contribution in [0.25, 0.3) is 26.6 Å². The Morgan fingerprint density at radius 2 is 1.80 bits per heavy atom. The Balaban J connectivity index is 0.00000168. The van der Waals surface area contributed by atoms with E-state index in [1.54, 1.807) is 5.57 Å². The quantitative estimate of drug-likeness (QED) is 0.392. The van der Waals surface area contributed by atoms with Crippen LogP contribution < -0.4 is 0 Å². The molecule has 0 unspecified atom stereocenters. The number of hydrogen-bond acceptors (Lipinski definition) is 1. The monoisotopic (exact) mass is 345 g/mol. The molecule has 1 aliphatic carbocycles. The van der Waals surface area contributed by atoms with Crippen molar-refractivity contribution in [1.29, 1.82) is 0 Å². The smallest absolute Gasteiger partial charge is 0.0601 e. The van der Waals surface area contributed by atoms with Crippen LogP contribution in [0, 0.1) is 6.92 Å². The summed E-state index contributed by atoms with van der Waals surface area (Å²) in [5.74, 6) is 0. The highest BCUT2D eigenvalue weighted by molar-refractivity contribution is 7.17. The van der Waals surface area contributed by atoms with Gasteiger partial charge in [0, 0.05) is 12.7 Å². The Bertz CT molecular complexity index is 1100. The van der Waals surface area contributed by atoms with Gasteiger partial charge in [-0.25, -0.2) is 0 Å². The highest BCUT2D eigenvalue weighted by atomic mass is 32.1. The second-order valence-corrected chi connectivity index (χ2v) is 7.92. The molecule has 4 aromatic rings. The summed E-state index contributed by atoms with van der Waals surface area (Å²) >= 11 is 1.86. The van der Waals surface area contributed by atoms with Gasteiger partial charge in [0.2, 0.25) is 0 Å². The van der Waals surface area contributed by atoms with Gasteiger partial charge in [0.25, 0.3) is 0 Å². The number of aromatic amines is 1. The number of fused-ring (bicyclic) bond motifs is 2. The number of H-pyrrole nitrogens is 1. The van der Waals surface area contributed by atoms with Crippen LogP contribution in [0.3, 0.4) is 0 Å². The van der Waals surface area contributed by atoms with Crippen LogP contribution in [0.4, 0.5) is 0 Å². The molecule has 0 atom stereocenters. The number of aryl methyl sites for hydroxylation is 1. The maximum Gasteiger partial charge on any atom is 0.0601 e. The molecule has 1 nitrogen and oxygen atoms in total. The van der Waals surface area contributed by atoms with Gasteiger partial charge in [-0.3, -0.25) is 0 Å². The van der Waals surface area contributed by atoms with Crippen molar-refractivity contribution in [3.05, 3.63) is 76.3 Å². The van der Waals surface area contributed by atoms with E-state index in [1.165, 1.54) is 69.1 Å². The number of thiophene rings is 1. The van der Waals surface area contributed by atoms with Crippen molar-refractivity contribution >= 4 is 37.9 Å². The van der Waals surface area contributed by atoms with Crippen molar-refractivity contribution in [2.24, 2.45) is 0 Å². The maximum absolute atomic E-state index is 3.61. The molecule has 2 heterocycles. The van der Waals surface area contributed by atoms with Crippen molar-refractivity contribution < 1.29 is 1.43 Å². The van der Waals surface area contributed by atoms with Crippen molar-refractivity contribution in [3.8, 4) is 0 Å². The minimum atomic E-state index is 0. The van der Waals surface area contributed by atoms with Crippen molar-refractivity contribution in [2.75, 3.05) is 0 Å². The molecule has 1 fully saturated rings. The number of aromatic nitrogens is 1. The van der Waals surface area contributed by atoms with E-state index in [9.17, 15) is 0 Å². The predicted molar refractivity (Wildman–Crippen MR) is 111 cm³/mol. The molecule has 5 rings (SSSR count). The lowest BCUT2D eigenvalue weighted by Crippen LogP contribution is -1.95. The standard InChI is InChI=1S/C23H21NS.H2/c1-15-21(23-20(24-15)13-14-25-23)22(17-8-2-3-9-17)19-12-6-10-16-7-4-5-11-18(16)19;/h4-7,10-14,24H,2-3,8-9H2,1H3;1H. The molecule has 126 valence electrons. The van der Waals surface area contributed by atoms with Gasteiger partial charge in [-0.1, -0.05) is 48.0 Å². The predicted octanol–water partition coefficient (Wildman–Crippen LogP) is 7.31. The van der Waals surface area contributed by atoms with E-state index in [2.05, 4.69) is 65.8 Å². The summed E-state index contributed by atoms with van der Waals surface area (Å²) in [6.07, 6.45) is 5.10. The average Bonchev–Trinajstić information content (AvgIpc) is 3.35. The Morgan fingerprint density at radius 1 is 1.00 bits per heavy atom. The maximum atomic E-state index is 3.61. The van der Waals surface area contributed by atoms with Gasteiger partial charge >= 0.3 is 0 Å². The summed E-state index contributed by atoms with van der Waals surface area (Å²) in [7, 11) is 0. The zero-order valence-corrected chi connectivity index (χ0v) is 15.2. The van der Waals surface area contributed by atoms with E-state index >= 15 is 0 Å². The summed E-state index contributed by atoms with van der Waals surface area (Å²) < 4.78 is 1.40. The average molecular weight is 346 g/mol. The van der Waals surface area contributed by atoms with Gasteiger partial charge in [0.1, 0.15) is 0 Å². The van der Waals surface area contributed by atoms with E-state index in [4.69, 9.17) is 0 Å². The summed E-state index contributed by atoms with van der Waals surface area (Å²) in [5, 5.41) is 4.89. The van der Waals surface area contributed by atoms with Gasteiger partial charge in [-0.2, -0.15) is 0 Å². The molecular weight excluding hydrogens is 322 g/mol. The Hall–Kier alpha value is -2.32. The molecular formula is C23H23NS. The molecule has 2 aromatic carbocycles. The molecule has 0 aliphatic heterocycles. The number of hydrogen-bond donors (Lipinski definition) is 1. The lowest BCUT2D eigenvalue weighted by Gasteiger charge is -2.15. The highest BCUT2D eigenvalue weighted by Crippen LogP contribution is 2.43. The van der Waals surface area contributed by atoms with Crippen LogP contribution >= 0.6 is 11.3 Å². The summed E-state index contributed by atoms with van der Waals surface area (Å²) in [5.41, 5.74) is 8.51. The number of allylic oxidation sites excluding steroid dienone is 1. The van der Waals surface area contributed by atoms with Crippen molar-refractivity contribution in [3.63, 3.8) is 0 Å².